The number of fused-ring (bicyclic) bond motifs is 1. The number of carbonyl (C=O) groups excluding carboxylic acids is 2. The summed E-state index contributed by atoms with van der Waals surface area (Å²) in [6.45, 7) is 5.22. The van der Waals surface area contributed by atoms with E-state index in [-0.39, 0.29) is 17.6 Å². The number of nitrogens with one attached hydrogen (secondary N) is 1. The van der Waals surface area contributed by atoms with Gasteiger partial charge < -0.3 is 19.5 Å². The Kier molecular flexibility index (Phi) is 5.75. The Morgan fingerprint density at radius 2 is 1.96 bits per heavy atom. The lowest BCUT2D eigenvalue weighted by molar-refractivity contribution is -0.121. The summed E-state index contributed by atoms with van der Waals surface area (Å²) in [5, 5.41) is 3.39. The van der Waals surface area contributed by atoms with Crippen molar-refractivity contribution < 1.29 is 14.0 Å². The Labute approximate surface area is 164 Å². The van der Waals surface area contributed by atoms with E-state index in [1.807, 2.05) is 39.1 Å². The van der Waals surface area contributed by atoms with E-state index in [2.05, 4.69) is 10.2 Å². The van der Waals surface area contributed by atoms with Crippen LogP contribution in [0.1, 0.15) is 30.8 Å². The fraction of sp³-hybridized carbons (Fsp3) is 0.400. The van der Waals surface area contributed by atoms with Crippen LogP contribution >= 0.6 is 11.6 Å². The summed E-state index contributed by atoms with van der Waals surface area (Å²) in [5.74, 6) is -0.443. The van der Waals surface area contributed by atoms with Gasteiger partial charge in [0.1, 0.15) is 6.04 Å². The number of rotatable bonds is 4. The lowest BCUT2D eigenvalue weighted by Gasteiger charge is -2.30. The van der Waals surface area contributed by atoms with Gasteiger partial charge >= 0.3 is 0 Å². The number of hydrogen-bond acceptors (Lipinski definition) is 4. The number of furan rings is 1. The lowest BCUT2D eigenvalue weighted by atomic mass is 10.0. The van der Waals surface area contributed by atoms with Gasteiger partial charge in [-0.05, 0) is 42.7 Å². The van der Waals surface area contributed by atoms with Crippen LogP contribution < -0.4 is 15.1 Å². The number of carbonyl (C=O) groups is 2. The zero-order valence-electron chi connectivity index (χ0n) is 15.7. The molecule has 1 aromatic carbocycles. The highest BCUT2D eigenvalue weighted by Gasteiger charge is 2.32. The summed E-state index contributed by atoms with van der Waals surface area (Å²) in [5.41, 5.74) is 1.72. The first-order valence-electron chi connectivity index (χ1n) is 9.05. The molecule has 2 amide bonds. The predicted octanol–water partition coefficient (Wildman–Crippen LogP) is 3.56. The highest BCUT2D eigenvalue weighted by molar-refractivity contribution is 6.31. The maximum Gasteiger partial charge on any atom is 0.287 e. The average molecular weight is 390 g/mol. The molecule has 0 spiro atoms. The quantitative estimate of drug-likeness (QED) is 0.868. The molecule has 0 radical (unpaired) electrons. The molecule has 144 valence electrons. The van der Waals surface area contributed by atoms with Crippen molar-refractivity contribution in [3.8, 4) is 0 Å². The van der Waals surface area contributed by atoms with Crippen LogP contribution in [0.15, 0.2) is 41.0 Å². The van der Waals surface area contributed by atoms with Gasteiger partial charge in [0, 0.05) is 25.2 Å². The molecule has 6 nitrogen and oxygen atoms in total. The van der Waals surface area contributed by atoms with Crippen molar-refractivity contribution in [1.29, 1.82) is 0 Å². The van der Waals surface area contributed by atoms with Gasteiger partial charge in [0.15, 0.2) is 5.76 Å². The van der Waals surface area contributed by atoms with E-state index in [0.29, 0.717) is 11.6 Å². The fourth-order valence-electron chi connectivity index (χ4n) is 3.27. The normalized spacial score (nSPS) is 15.3. The third-order valence-electron chi connectivity index (χ3n) is 4.75. The predicted molar refractivity (Wildman–Crippen MR) is 106 cm³/mol. The number of halogens is 1. The number of anilines is 2. The van der Waals surface area contributed by atoms with E-state index in [1.165, 1.54) is 6.26 Å². The fourth-order valence-corrected chi connectivity index (χ4v) is 3.44. The summed E-state index contributed by atoms with van der Waals surface area (Å²) >= 11 is 6.20. The Morgan fingerprint density at radius 3 is 2.63 bits per heavy atom. The van der Waals surface area contributed by atoms with E-state index in [0.717, 1.165) is 24.3 Å². The molecule has 0 bridgehead atoms. The molecule has 1 aromatic heterocycles. The molecule has 0 saturated carbocycles. The third kappa shape index (κ3) is 4.11. The first-order chi connectivity index (χ1) is 12.9. The van der Waals surface area contributed by atoms with E-state index >= 15 is 0 Å². The number of benzene rings is 1. The summed E-state index contributed by atoms with van der Waals surface area (Å²) < 4.78 is 5.15. The van der Waals surface area contributed by atoms with Crippen molar-refractivity contribution in [2.75, 3.05) is 29.9 Å². The first-order valence-corrected chi connectivity index (χ1v) is 9.42. The SMILES string of the molecule is CC(C)C(NC(=O)c1ccco1)C(=O)N1CCCN(C)c2ccc(Cl)cc21. The highest BCUT2D eigenvalue weighted by atomic mass is 35.5. The lowest BCUT2D eigenvalue weighted by Crippen LogP contribution is -2.51. The molecule has 1 aliphatic rings. The largest absolute Gasteiger partial charge is 0.459 e. The van der Waals surface area contributed by atoms with Gasteiger partial charge in [-0.1, -0.05) is 25.4 Å². The first kappa shape index (κ1) is 19.3. The number of hydrogen-bond donors (Lipinski definition) is 1. The Hall–Kier alpha value is -2.47. The maximum absolute atomic E-state index is 13.4. The van der Waals surface area contributed by atoms with Gasteiger partial charge in [-0.2, -0.15) is 0 Å². The highest BCUT2D eigenvalue weighted by Crippen LogP contribution is 2.34. The van der Waals surface area contributed by atoms with Crippen molar-refractivity contribution in [3.05, 3.63) is 47.4 Å². The second-order valence-corrected chi connectivity index (χ2v) is 7.51. The molecule has 0 aliphatic carbocycles. The van der Waals surface area contributed by atoms with Crippen molar-refractivity contribution in [1.82, 2.24) is 5.32 Å². The molecule has 1 atom stereocenters. The Bertz CT molecular complexity index is 820. The molecule has 1 N–H and O–H groups in total. The minimum atomic E-state index is -0.669. The van der Waals surface area contributed by atoms with Crippen molar-refractivity contribution in [2.45, 2.75) is 26.3 Å². The second kappa shape index (κ2) is 8.05. The molecule has 1 aliphatic heterocycles. The maximum atomic E-state index is 13.4. The monoisotopic (exact) mass is 389 g/mol. The molecule has 2 aromatic rings. The summed E-state index contributed by atoms with van der Waals surface area (Å²) in [7, 11) is 2.00. The molecule has 3 rings (SSSR count). The molecule has 27 heavy (non-hydrogen) atoms. The summed E-state index contributed by atoms with van der Waals surface area (Å²) in [6.07, 6.45) is 2.26. The van der Waals surface area contributed by atoms with Crippen LogP contribution in [-0.2, 0) is 4.79 Å². The van der Waals surface area contributed by atoms with E-state index < -0.39 is 11.9 Å². The molecular weight excluding hydrogens is 366 g/mol. The molecule has 0 saturated heterocycles. The van der Waals surface area contributed by atoms with Crippen LogP contribution in [0.3, 0.4) is 0 Å². The van der Waals surface area contributed by atoms with Crippen LogP contribution in [0.25, 0.3) is 0 Å². The molecular formula is C20H24ClN3O3. The zero-order valence-corrected chi connectivity index (χ0v) is 16.5. The van der Waals surface area contributed by atoms with E-state index in [1.54, 1.807) is 17.0 Å². The topological polar surface area (TPSA) is 65.8 Å². The van der Waals surface area contributed by atoms with Gasteiger partial charge in [-0.25, -0.2) is 0 Å². The van der Waals surface area contributed by atoms with Crippen LogP contribution in [-0.4, -0.2) is 38.0 Å². The number of nitrogens with zero attached hydrogens (tertiary/aromatic N) is 2. The second-order valence-electron chi connectivity index (χ2n) is 7.07. The average Bonchev–Trinajstić information content (AvgIpc) is 3.11. The summed E-state index contributed by atoms with van der Waals surface area (Å²) in [6, 6.07) is 8.11. The van der Waals surface area contributed by atoms with E-state index in [4.69, 9.17) is 16.0 Å². The van der Waals surface area contributed by atoms with Crippen LogP contribution in [0, 0.1) is 5.92 Å². The molecule has 1 unspecified atom stereocenters. The summed E-state index contributed by atoms with van der Waals surface area (Å²) in [4.78, 5) is 29.7. The minimum absolute atomic E-state index is 0.0833. The van der Waals surface area contributed by atoms with Crippen LogP contribution in [0.2, 0.25) is 5.02 Å². The zero-order chi connectivity index (χ0) is 19.6. The Balaban J connectivity index is 1.90. The van der Waals surface area contributed by atoms with E-state index in [9.17, 15) is 9.59 Å². The van der Waals surface area contributed by atoms with Crippen molar-refractivity contribution >= 4 is 34.8 Å². The van der Waals surface area contributed by atoms with Gasteiger partial charge in [0.05, 0.1) is 17.6 Å². The molecule has 2 heterocycles. The minimum Gasteiger partial charge on any atom is -0.459 e. The van der Waals surface area contributed by atoms with Crippen LogP contribution in [0.4, 0.5) is 11.4 Å². The van der Waals surface area contributed by atoms with Gasteiger partial charge in [-0.15, -0.1) is 0 Å². The standard InChI is InChI=1S/C20H24ClN3O3/c1-13(2)18(22-19(25)17-6-4-11-27-17)20(26)24-10-5-9-23(3)15-8-7-14(21)12-16(15)24/h4,6-8,11-13,18H,5,9-10H2,1-3H3,(H,22,25). The molecule has 7 heteroatoms. The van der Waals surface area contributed by atoms with Crippen LogP contribution in [0.5, 0.6) is 0 Å². The van der Waals surface area contributed by atoms with Crippen molar-refractivity contribution in [2.24, 2.45) is 5.92 Å². The van der Waals surface area contributed by atoms with Crippen molar-refractivity contribution in [3.63, 3.8) is 0 Å². The smallest absolute Gasteiger partial charge is 0.287 e. The van der Waals surface area contributed by atoms with Gasteiger partial charge in [0.25, 0.3) is 5.91 Å². The Morgan fingerprint density at radius 1 is 1.19 bits per heavy atom. The third-order valence-corrected chi connectivity index (χ3v) is 4.98. The van der Waals surface area contributed by atoms with Gasteiger partial charge in [0.2, 0.25) is 5.91 Å². The number of amides is 2. The molecule has 0 fully saturated rings. The van der Waals surface area contributed by atoms with Gasteiger partial charge in [-0.3, -0.25) is 9.59 Å².